The second kappa shape index (κ2) is 8.26. The molecular formula is C30H44O3. The number of fused-ring (bicyclic) bond motifs is 5. The van der Waals surface area contributed by atoms with Crippen molar-refractivity contribution < 1.29 is 15.0 Å². The highest BCUT2D eigenvalue weighted by Gasteiger charge is 2.59. The molecule has 2 N–H and O–H groups in total. The number of aliphatic hydroxyl groups excluding tert-OH is 1. The lowest BCUT2D eigenvalue weighted by Crippen LogP contribution is -2.52. The van der Waals surface area contributed by atoms with Crippen LogP contribution in [-0.4, -0.2) is 22.3 Å². The Morgan fingerprint density at radius 2 is 1.85 bits per heavy atom. The van der Waals surface area contributed by atoms with Crippen molar-refractivity contribution in [1.29, 1.82) is 0 Å². The van der Waals surface area contributed by atoms with E-state index < -0.39 is 5.97 Å². The van der Waals surface area contributed by atoms with E-state index in [0.717, 1.165) is 38.5 Å². The number of carbonyl (C=O) groups is 1. The van der Waals surface area contributed by atoms with Crippen LogP contribution in [0.15, 0.2) is 47.1 Å². The molecule has 0 aromatic heterocycles. The van der Waals surface area contributed by atoms with E-state index in [9.17, 15) is 9.90 Å². The monoisotopic (exact) mass is 452 g/mol. The van der Waals surface area contributed by atoms with Crippen LogP contribution >= 0.6 is 0 Å². The van der Waals surface area contributed by atoms with E-state index >= 15 is 0 Å². The largest absolute Gasteiger partial charge is 0.478 e. The molecular weight excluding hydrogens is 408 g/mol. The summed E-state index contributed by atoms with van der Waals surface area (Å²) in [5.74, 6) is 1.04. The summed E-state index contributed by atoms with van der Waals surface area (Å²) in [6.45, 7) is 18.1. The Morgan fingerprint density at radius 3 is 2.52 bits per heavy atom. The van der Waals surface area contributed by atoms with E-state index in [1.165, 1.54) is 12.0 Å². The number of hydrogen-bond acceptors (Lipinski definition) is 2. The van der Waals surface area contributed by atoms with Gasteiger partial charge in [0.1, 0.15) is 0 Å². The molecule has 0 radical (unpaired) electrons. The van der Waals surface area contributed by atoms with Crippen LogP contribution in [0.25, 0.3) is 0 Å². The summed E-state index contributed by atoms with van der Waals surface area (Å²) >= 11 is 0. The maximum atomic E-state index is 11.1. The van der Waals surface area contributed by atoms with Crippen LogP contribution in [-0.2, 0) is 4.79 Å². The Labute approximate surface area is 200 Å². The van der Waals surface area contributed by atoms with Crippen molar-refractivity contribution in [3.8, 4) is 0 Å². The van der Waals surface area contributed by atoms with Crippen molar-refractivity contribution in [2.24, 2.45) is 39.9 Å². The molecule has 0 saturated heterocycles. The van der Waals surface area contributed by atoms with Gasteiger partial charge in [-0.05, 0) is 91.6 Å². The first-order valence-electron chi connectivity index (χ1n) is 13.0. The Bertz CT molecular complexity index is 934. The van der Waals surface area contributed by atoms with Gasteiger partial charge in [-0.1, -0.05) is 65.0 Å². The Hall–Kier alpha value is -1.61. The molecule has 4 aliphatic carbocycles. The van der Waals surface area contributed by atoms with Gasteiger partial charge < -0.3 is 10.2 Å². The molecule has 0 unspecified atom stereocenters. The number of allylic oxidation sites excluding steroid dienone is 6. The lowest BCUT2D eigenvalue weighted by molar-refractivity contribution is -0.132. The second-order valence-electron chi connectivity index (χ2n) is 12.6. The Balaban J connectivity index is 1.58. The molecule has 0 bridgehead atoms. The highest BCUT2D eigenvalue weighted by Crippen LogP contribution is 2.68. The Kier molecular flexibility index (Phi) is 6.13. The highest BCUT2D eigenvalue weighted by atomic mass is 16.4. The average Bonchev–Trinajstić information content (AvgIpc) is 3.06. The number of aliphatic hydroxyl groups is 1. The third-order valence-electron chi connectivity index (χ3n) is 10.5. The summed E-state index contributed by atoms with van der Waals surface area (Å²) in [6.07, 6.45) is 13.9. The molecule has 0 spiro atoms. The smallest absolute Gasteiger partial charge is 0.330 e. The normalized spacial score (nSPS) is 40.8. The molecule has 0 aliphatic heterocycles. The van der Waals surface area contributed by atoms with E-state index in [4.69, 9.17) is 5.11 Å². The van der Waals surface area contributed by atoms with Crippen LogP contribution in [0.3, 0.4) is 0 Å². The number of hydrogen-bond donors (Lipinski definition) is 2. The first-order valence-corrected chi connectivity index (χ1v) is 13.0. The quantitative estimate of drug-likeness (QED) is 0.346. The lowest BCUT2D eigenvalue weighted by Gasteiger charge is -2.57. The van der Waals surface area contributed by atoms with E-state index in [1.54, 1.807) is 18.1 Å². The van der Waals surface area contributed by atoms with Crippen LogP contribution in [0.2, 0.25) is 0 Å². The molecule has 0 amide bonds. The fourth-order valence-corrected chi connectivity index (χ4v) is 8.09. The predicted octanol–water partition coefficient (Wildman–Crippen LogP) is 7.10. The molecule has 4 rings (SSSR count). The number of rotatable bonds is 5. The van der Waals surface area contributed by atoms with Gasteiger partial charge in [-0.15, -0.1) is 0 Å². The number of carboxylic acids is 1. The van der Waals surface area contributed by atoms with Crippen LogP contribution in [0.5, 0.6) is 0 Å². The van der Waals surface area contributed by atoms with Gasteiger partial charge in [-0.25, -0.2) is 4.79 Å². The number of carboxylic acid groups (broad SMARTS) is 1. The molecule has 0 heterocycles. The molecule has 3 nitrogen and oxygen atoms in total. The van der Waals surface area contributed by atoms with Crippen molar-refractivity contribution in [1.82, 2.24) is 0 Å². The molecule has 182 valence electrons. The van der Waals surface area contributed by atoms with Gasteiger partial charge in [0.05, 0.1) is 6.10 Å². The first kappa shape index (κ1) is 24.5. The maximum absolute atomic E-state index is 11.1. The van der Waals surface area contributed by atoms with Gasteiger partial charge in [-0.2, -0.15) is 0 Å². The molecule has 33 heavy (non-hydrogen) atoms. The topological polar surface area (TPSA) is 57.5 Å². The molecule has 2 fully saturated rings. The zero-order chi connectivity index (χ0) is 24.3. The lowest BCUT2D eigenvalue weighted by atomic mass is 9.48. The van der Waals surface area contributed by atoms with Gasteiger partial charge in [0.25, 0.3) is 0 Å². The van der Waals surface area contributed by atoms with Crippen molar-refractivity contribution >= 4 is 5.97 Å². The third kappa shape index (κ3) is 3.70. The maximum Gasteiger partial charge on any atom is 0.330 e. The highest BCUT2D eigenvalue weighted by molar-refractivity contribution is 5.85. The van der Waals surface area contributed by atoms with E-state index in [0.29, 0.717) is 29.2 Å². The van der Waals surface area contributed by atoms with Crippen LogP contribution in [0, 0.1) is 39.9 Å². The zero-order valence-corrected chi connectivity index (χ0v) is 21.6. The van der Waals surface area contributed by atoms with Gasteiger partial charge in [-0.3, -0.25) is 0 Å². The van der Waals surface area contributed by atoms with Crippen LogP contribution in [0.4, 0.5) is 0 Å². The van der Waals surface area contributed by atoms with Crippen molar-refractivity contribution in [2.75, 3.05) is 0 Å². The molecule has 4 aliphatic rings. The summed E-state index contributed by atoms with van der Waals surface area (Å²) in [6, 6.07) is 0. The van der Waals surface area contributed by atoms with E-state index in [-0.39, 0.29) is 22.3 Å². The fourth-order valence-electron chi connectivity index (χ4n) is 8.09. The molecule has 7 atom stereocenters. The summed E-state index contributed by atoms with van der Waals surface area (Å²) in [4.78, 5) is 11.1. The number of aliphatic carboxylic acids is 1. The van der Waals surface area contributed by atoms with Gasteiger partial charge >= 0.3 is 5.97 Å². The summed E-state index contributed by atoms with van der Waals surface area (Å²) in [5, 5.41) is 19.9. The second-order valence-corrected chi connectivity index (χ2v) is 12.6. The van der Waals surface area contributed by atoms with E-state index in [2.05, 4.69) is 53.3 Å². The average molecular weight is 453 g/mol. The zero-order valence-electron chi connectivity index (χ0n) is 21.6. The summed E-state index contributed by atoms with van der Waals surface area (Å²) in [5.41, 5.74) is 5.17. The third-order valence-corrected chi connectivity index (χ3v) is 10.5. The fraction of sp³-hybridized carbons (Fsp3) is 0.700. The van der Waals surface area contributed by atoms with Crippen molar-refractivity contribution in [2.45, 2.75) is 92.6 Å². The van der Waals surface area contributed by atoms with E-state index in [1.807, 2.05) is 6.08 Å². The van der Waals surface area contributed by atoms with Crippen LogP contribution in [0.1, 0.15) is 86.5 Å². The van der Waals surface area contributed by atoms with Gasteiger partial charge in [0.15, 0.2) is 0 Å². The molecule has 2 saturated carbocycles. The summed E-state index contributed by atoms with van der Waals surface area (Å²) in [7, 11) is 0. The van der Waals surface area contributed by atoms with Crippen molar-refractivity contribution in [3.05, 3.63) is 47.1 Å². The van der Waals surface area contributed by atoms with Gasteiger partial charge in [0, 0.05) is 16.9 Å². The van der Waals surface area contributed by atoms with Crippen LogP contribution < -0.4 is 0 Å². The minimum atomic E-state index is -0.820. The SMILES string of the molecule is C=C1[C@H]2C=C3C(=CC[C@H]4C(C)(C)[C@@H](O)CC[C@]34C)[C@]2(C)CC[C@@H]1[C@H](C)CC/C=C(/C)C(=O)O. The molecule has 0 aromatic rings. The minimum absolute atomic E-state index is 0.0692. The Morgan fingerprint density at radius 1 is 1.18 bits per heavy atom. The van der Waals surface area contributed by atoms with Gasteiger partial charge in [0.2, 0.25) is 0 Å². The predicted molar refractivity (Wildman–Crippen MR) is 135 cm³/mol. The molecule has 3 heteroatoms. The van der Waals surface area contributed by atoms with Crippen molar-refractivity contribution in [3.63, 3.8) is 0 Å². The first-order chi connectivity index (χ1) is 15.3. The molecule has 0 aromatic carbocycles. The minimum Gasteiger partial charge on any atom is -0.478 e. The summed E-state index contributed by atoms with van der Waals surface area (Å²) < 4.78 is 0. The standard InChI is InChI=1S/C30H44O3/c1-18(9-8-10-19(2)27(32)33)21-13-15-29(6)22-11-12-25-28(4,5)26(31)14-16-30(25,7)24(22)17-23(29)20(21)3/h10-11,17-18,21,23,25-26,31H,3,8-9,12-16H2,1-2,4-7H3,(H,32,33)/b19-10-/t18-,21-,23-,25+,26+,29+,30-/m1/s1.